The van der Waals surface area contributed by atoms with Gasteiger partial charge in [-0.25, -0.2) is 0 Å². The van der Waals surface area contributed by atoms with Crippen molar-refractivity contribution >= 4 is 5.97 Å². The number of hydrogen-bond acceptors (Lipinski definition) is 1. The normalized spacial score (nSPS) is 33.2. The first-order chi connectivity index (χ1) is 8.16. The second-order valence-corrected chi connectivity index (χ2v) is 8.36. The van der Waals surface area contributed by atoms with E-state index < -0.39 is 5.97 Å². The number of rotatable bonds is 1. The number of carboxylic acids is 1. The van der Waals surface area contributed by atoms with Crippen LogP contribution in [-0.2, 0) is 4.79 Å². The van der Waals surface area contributed by atoms with Crippen LogP contribution >= 0.6 is 0 Å². The van der Waals surface area contributed by atoms with Crippen LogP contribution in [0.25, 0.3) is 0 Å². The van der Waals surface area contributed by atoms with Gasteiger partial charge in [-0.2, -0.15) is 0 Å². The van der Waals surface area contributed by atoms with Gasteiger partial charge in [-0.05, 0) is 48.3 Å². The largest absolute Gasteiger partial charge is 0.481 e. The monoisotopic (exact) mass is 252 g/mol. The maximum absolute atomic E-state index is 11.6. The van der Waals surface area contributed by atoms with Gasteiger partial charge < -0.3 is 5.11 Å². The molecule has 2 saturated carbocycles. The lowest BCUT2D eigenvalue weighted by atomic mass is 9.48. The summed E-state index contributed by atoms with van der Waals surface area (Å²) in [6, 6.07) is 0. The first kappa shape index (κ1) is 13.9. The van der Waals surface area contributed by atoms with Gasteiger partial charge >= 0.3 is 5.97 Å². The molecule has 2 aliphatic carbocycles. The first-order valence-electron chi connectivity index (χ1n) is 7.39. The Morgan fingerprint density at radius 3 is 2.06 bits per heavy atom. The zero-order valence-corrected chi connectivity index (χ0v) is 12.4. The van der Waals surface area contributed by atoms with Gasteiger partial charge in [0.15, 0.2) is 0 Å². The van der Waals surface area contributed by atoms with E-state index in [-0.39, 0.29) is 22.2 Å². The van der Waals surface area contributed by atoms with Crippen LogP contribution in [0.4, 0.5) is 0 Å². The lowest BCUT2D eigenvalue weighted by molar-refractivity contribution is -0.155. The van der Waals surface area contributed by atoms with Crippen LogP contribution in [0.1, 0.15) is 72.6 Å². The van der Waals surface area contributed by atoms with Crippen LogP contribution in [0.2, 0.25) is 0 Å². The first-order valence-corrected chi connectivity index (χ1v) is 7.39. The number of aliphatic carboxylic acids is 1. The molecule has 0 aliphatic heterocycles. The number of hydrogen-bond donors (Lipinski definition) is 1. The van der Waals surface area contributed by atoms with Gasteiger partial charge in [0.25, 0.3) is 0 Å². The third-order valence-corrected chi connectivity index (χ3v) is 5.07. The molecular formula is C16H28O2. The van der Waals surface area contributed by atoms with Crippen LogP contribution < -0.4 is 0 Å². The topological polar surface area (TPSA) is 37.3 Å². The van der Waals surface area contributed by atoms with Gasteiger partial charge in [-0.15, -0.1) is 0 Å². The van der Waals surface area contributed by atoms with E-state index in [0.717, 1.165) is 32.1 Å². The minimum Gasteiger partial charge on any atom is -0.481 e. The molecule has 1 unspecified atom stereocenters. The molecule has 2 nitrogen and oxygen atoms in total. The molecule has 0 amide bonds. The Morgan fingerprint density at radius 1 is 1.00 bits per heavy atom. The van der Waals surface area contributed by atoms with Crippen molar-refractivity contribution in [2.24, 2.45) is 22.2 Å². The van der Waals surface area contributed by atoms with E-state index in [0.29, 0.717) is 0 Å². The molecule has 0 radical (unpaired) electrons. The summed E-state index contributed by atoms with van der Waals surface area (Å²) in [6.45, 7) is 9.29. The molecule has 2 heteroatoms. The van der Waals surface area contributed by atoms with E-state index in [1.54, 1.807) is 0 Å². The lowest BCUT2D eigenvalue weighted by Gasteiger charge is -2.56. The van der Waals surface area contributed by atoms with Crippen molar-refractivity contribution in [2.45, 2.75) is 72.6 Å². The maximum atomic E-state index is 11.6. The van der Waals surface area contributed by atoms with Crippen molar-refractivity contribution in [2.75, 3.05) is 0 Å². The van der Waals surface area contributed by atoms with Crippen molar-refractivity contribution < 1.29 is 9.90 Å². The van der Waals surface area contributed by atoms with E-state index in [1.165, 1.54) is 12.8 Å². The average Bonchev–Trinajstić information content (AvgIpc) is 2.11. The molecule has 0 aromatic rings. The SMILES string of the molecule is CC1(C)CC(C)(C)CC2(CCCCC2C(=O)O)C1. The van der Waals surface area contributed by atoms with E-state index in [1.807, 2.05) is 0 Å². The molecule has 1 spiro atoms. The highest BCUT2D eigenvalue weighted by Crippen LogP contribution is 2.61. The predicted molar refractivity (Wildman–Crippen MR) is 73.4 cm³/mol. The quantitative estimate of drug-likeness (QED) is 0.747. The molecule has 1 atom stereocenters. The highest BCUT2D eigenvalue weighted by Gasteiger charge is 2.53. The summed E-state index contributed by atoms with van der Waals surface area (Å²) in [5.41, 5.74) is 0.634. The van der Waals surface area contributed by atoms with Crippen molar-refractivity contribution in [1.82, 2.24) is 0 Å². The summed E-state index contributed by atoms with van der Waals surface area (Å²) in [5.74, 6) is -0.659. The molecule has 2 fully saturated rings. The fraction of sp³-hybridized carbons (Fsp3) is 0.938. The summed E-state index contributed by atoms with van der Waals surface area (Å²) >= 11 is 0. The van der Waals surface area contributed by atoms with Crippen molar-refractivity contribution in [1.29, 1.82) is 0 Å². The van der Waals surface area contributed by atoms with Gasteiger partial charge in [0.05, 0.1) is 5.92 Å². The second-order valence-electron chi connectivity index (χ2n) is 8.36. The van der Waals surface area contributed by atoms with Crippen molar-refractivity contribution in [3.8, 4) is 0 Å². The number of carboxylic acid groups (broad SMARTS) is 1. The second kappa shape index (κ2) is 4.25. The molecule has 104 valence electrons. The Morgan fingerprint density at radius 2 is 1.56 bits per heavy atom. The van der Waals surface area contributed by atoms with Gasteiger partial charge in [0, 0.05) is 0 Å². The maximum Gasteiger partial charge on any atom is 0.307 e. The summed E-state index contributed by atoms with van der Waals surface area (Å²) in [4.78, 5) is 11.6. The van der Waals surface area contributed by atoms with Gasteiger partial charge in [0.1, 0.15) is 0 Å². The Kier molecular flexibility index (Phi) is 3.28. The van der Waals surface area contributed by atoms with Gasteiger partial charge in [-0.3, -0.25) is 4.79 Å². The Hall–Kier alpha value is -0.530. The zero-order chi connectivity index (χ0) is 13.6. The lowest BCUT2D eigenvalue weighted by Crippen LogP contribution is -2.49. The van der Waals surface area contributed by atoms with E-state index >= 15 is 0 Å². The molecule has 0 aromatic carbocycles. The fourth-order valence-corrected chi connectivity index (χ4v) is 5.50. The summed E-state index contributed by atoms with van der Waals surface area (Å²) in [6.07, 6.45) is 7.74. The Balaban J connectivity index is 2.34. The Labute approximate surface area is 111 Å². The molecule has 1 N–H and O–H groups in total. The fourth-order valence-electron chi connectivity index (χ4n) is 5.50. The van der Waals surface area contributed by atoms with Gasteiger partial charge in [0.2, 0.25) is 0 Å². The smallest absolute Gasteiger partial charge is 0.307 e. The van der Waals surface area contributed by atoms with Crippen LogP contribution in [-0.4, -0.2) is 11.1 Å². The molecule has 0 bridgehead atoms. The molecule has 2 rings (SSSR count). The summed E-state index contributed by atoms with van der Waals surface area (Å²) in [7, 11) is 0. The highest BCUT2D eigenvalue weighted by molar-refractivity contribution is 5.71. The van der Waals surface area contributed by atoms with Crippen molar-refractivity contribution in [3.63, 3.8) is 0 Å². The number of carbonyl (C=O) groups is 1. The third kappa shape index (κ3) is 2.57. The van der Waals surface area contributed by atoms with E-state index in [2.05, 4.69) is 27.7 Å². The molecular weight excluding hydrogens is 224 g/mol. The molecule has 0 heterocycles. The van der Waals surface area contributed by atoms with Crippen LogP contribution in [0.5, 0.6) is 0 Å². The standard InChI is InChI=1S/C16H28O2/c1-14(2)9-15(3,4)11-16(10-14)8-6-5-7-12(16)13(17)18/h12H,5-11H2,1-4H3,(H,17,18). The van der Waals surface area contributed by atoms with Crippen LogP contribution in [0.15, 0.2) is 0 Å². The molecule has 0 saturated heterocycles. The molecule has 0 aromatic heterocycles. The van der Waals surface area contributed by atoms with Crippen molar-refractivity contribution in [3.05, 3.63) is 0 Å². The predicted octanol–water partition coefficient (Wildman–Crippen LogP) is 4.48. The highest BCUT2D eigenvalue weighted by atomic mass is 16.4. The van der Waals surface area contributed by atoms with E-state index in [4.69, 9.17) is 0 Å². The van der Waals surface area contributed by atoms with Gasteiger partial charge in [-0.1, -0.05) is 40.5 Å². The minimum absolute atomic E-state index is 0.0648. The third-order valence-electron chi connectivity index (χ3n) is 5.07. The van der Waals surface area contributed by atoms with E-state index in [9.17, 15) is 9.90 Å². The molecule has 18 heavy (non-hydrogen) atoms. The molecule has 2 aliphatic rings. The minimum atomic E-state index is -0.553. The zero-order valence-electron chi connectivity index (χ0n) is 12.4. The summed E-state index contributed by atoms with van der Waals surface area (Å²) in [5, 5.41) is 9.60. The summed E-state index contributed by atoms with van der Waals surface area (Å²) < 4.78 is 0. The average molecular weight is 252 g/mol. The Bertz CT molecular complexity index is 325. The van der Waals surface area contributed by atoms with Crippen LogP contribution in [0, 0.1) is 22.2 Å². The van der Waals surface area contributed by atoms with Crippen LogP contribution in [0.3, 0.4) is 0 Å².